The summed E-state index contributed by atoms with van der Waals surface area (Å²) >= 11 is 5.87. The van der Waals surface area contributed by atoms with Gasteiger partial charge in [0.2, 0.25) is 0 Å². The maximum atomic E-state index is 12.0. The number of anilines is 2. The Hall–Kier alpha value is -2.04. The molecule has 0 heterocycles. The Labute approximate surface area is 115 Å². The normalized spacial score (nSPS) is 10.2. The fourth-order valence-electron chi connectivity index (χ4n) is 1.62. The van der Waals surface area contributed by atoms with E-state index < -0.39 is 0 Å². The molecule has 0 spiro atoms. The van der Waals surface area contributed by atoms with Crippen molar-refractivity contribution in [2.45, 2.75) is 6.61 Å². The van der Waals surface area contributed by atoms with E-state index >= 15 is 0 Å². The molecule has 0 saturated carbocycles. The lowest BCUT2D eigenvalue weighted by atomic mass is 10.1. The summed E-state index contributed by atoms with van der Waals surface area (Å²) in [6.07, 6.45) is 0. The van der Waals surface area contributed by atoms with Crippen molar-refractivity contribution < 1.29 is 9.90 Å². The van der Waals surface area contributed by atoms with Crippen LogP contribution < -0.4 is 11.1 Å². The van der Waals surface area contributed by atoms with Crippen LogP contribution >= 0.6 is 11.6 Å². The zero-order valence-corrected chi connectivity index (χ0v) is 10.8. The molecule has 0 aliphatic heterocycles. The highest BCUT2D eigenvalue weighted by molar-refractivity contribution is 6.33. The van der Waals surface area contributed by atoms with E-state index in [1.807, 2.05) is 0 Å². The molecule has 0 saturated heterocycles. The van der Waals surface area contributed by atoms with Crippen LogP contribution in [0.2, 0.25) is 5.02 Å². The first-order chi connectivity index (χ1) is 9.10. The van der Waals surface area contributed by atoms with Gasteiger partial charge in [0.15, 0.2) is 0 Å². The maximum Gasteiger partial charge on any atom is 0.255 e. The van der Waals surface area contributed by atoms with Gasteiger partial charge in [0.1, 0.15) is 0 Å². The number of nitrogen functional groups attached to an aromatic ring is 1. The van der Waals surface area contributed by atoms with Gasteiger partial charge in [0, 0.05) is 11.3 Å². The lowest BCUT2D eigenvalue weighted by Crippen LogP contribution is -2.12. The van der Waals surface area contributed by atoms with E-state index in [2.05, 4.69) is 5.32 Å². The number of amides is 1. The highest BCUT2D eigenvalue weighted by Crippen LogP contribution is 2.20. The van der Waals surface area contributed by atoms with Crippen molar-refractivity contribution in [2.75, 3.05) is 11.1 Å². The van der Waals surface area contributed by atoms with Gasteiger partial charge in [0.25, 0.3) is 5.91 Å². The van der Waals surface area contributed by atoms with Crippen LogP contribution in [-0.4, -0.2) is 11.0 Å². The standard InChI is InChI=1S/C14H13ClN2O2/c15-12-7-10(4-5-13(12)16)14(19)17-11-3-1-2-9(6-11)8-18/h1-7,18H,8,16H2,(H,17,19). The molecule has 2 aromatic carbocycles. The second kappa shape index (κ2) is 5.73. The average molecular weight is 277 g/mol. The second-order valence-corrected chi connectivity index (χ2v) is 4.46. The number of hydrogen-bond acceptors (Lipinski definition) is 3. The Bertz CT molecular complexity index is 614. The number of benzene rings is 2. The minimum atomic E-state index is -0.281. The second-order valence-electron chi connectivity index (χ2n) is 4.05. The summed E-state index contributed by atoms with van der Waals surface area (Å²) in [7, 11) is 0. The molecule has 19 heavy (non-hydrogen) atoms. The lowest BCUT2D eigenvalue weighted by molar-refractivity contribution is 0.102. The van der Waals surface area contributed by atoms with Crippen LogP contribution in [-0.2, 0) is 6.61 Å². The van der Waals surface area contributed by atoms with Crippen molar-refractivity contribution in [1.29, 1.82) is 0 Å². The highest BCUT2D eigenvalue weighted by atomic mass is 35.5. The smallest absolute Gasteiger partial charge is 0.255 e. The zero-order chi connectivity index (χ0) is 13.8. The van der Waals surface area contributed by atoms with Crippen LogP contribution in [0.4, 0.5) is 11.4 Å². The maximum absolute atomic E-state index is 12.0. The summed E-state index contributed by atoms with van der Waals surface area (Å²) in [6.45, 7) is -0.0720. The first kappa shape index (κ1) is 13.4. The monoisotopic (exact) mass is 276 g/mol. The summed E-state index contributed by atoms with van der Waals surface area (Å²) in [4.78, 5) is 12.0. The first-order valence-corrected chi connectivity index (χ1v) is 6.04. The fourth-order valence-corrected chi connectivity index (χ4v) is 1.80. The fraction of sp³-hybridized carbons (Fsp3) is 0.0714. The molecule has 0 aliphatic rings. The van der Waals surface area contributed by atoms with Crippen molar-refractivity contribution in [3.63, 3.8) is 0 Å². The third-order valence-electron chi connectivity index (χ3n) is 2.63. The van der Waals surface area contributed by atoms with Gasteiger partial charge in [-0.3, -0.25) is 4.79 Å². The third kappa shape index (κ3) is 3.24. The van der Waals surface area contributed by atoms with Gasteiger partial charge in [-0.05, 0) is 35.9 Å². The molecule has 0 aliphatic carbocycles. The van der Waals surface area contributed by atoms with Gasteiger partial charge in [-0.15, -0.1) is 0 Å². The number of carbonyl (C=O) groups excluding carboxylic acids is 1. The average Bonchev–Trinajstić information content (AvgIpc) is 2.42. The molecule has 0 aromatic heterocycles. The lowest BCUT2D eigenvalue weighted by Gasteiger charge is -2.07. The molecule has 0 radical (unpaired) electrons. The van der Waals surface area contributed by atoms with Gasteiger partial charge in [0.05, 0.1) is 17.3 Å². The van der Waals surface area contributed by atoms with E-state index in [1.54, 1.807) is 36.4 Å². The van der Waals surface area contributed by atoms with Crippen LogP contribution in [0.1, 0.15) is 15.9 Å². The number of carbonyl (C=O) groups is 1. The quantitative estimate of drug-likeness (QED) is 0.755. The number of halogens is 1. The molecule has 0 fully saturated rings. The highest BCUT2D eigenvalue weighted by Gasteiger charge is 2.08. The van der Waals surface area contributed by atoms with Crippen molar-refractivity contribution in [3.05, 3.63) is 58.6 Å². The largest absolute Gasteiger partial charge is 0.398 e. The summed E-state index contributed by atoms with van der Waals surface area (Å²) in [5.74, 6) is -0.281. The molecule has 1 amide bonds. The van der Waals surface area contributed by atoms with E-state index in [-0.39, 0.29) is 12.5 Å². The van der Waals surface area contributed by atoms with E-state index in [9.17, 15) is 4.79 Å². The molecule has 2 aromatic rings. The third-order valence-corrected chi connectivity index (χ3v) is 2.96. The molecular formula is C14H13ClN2O2. The molecule has 4 N–H and O–H groups in total. The van der Waals surface area contributed by atoms with Crippen molar-refractivity contribution >= 4 is 28.9 Å². The topological polar surface area (TPSA) is 75.4 Å². The Balaban J connectivity index is 2.18. The molecule has 2 rings (SSSR count). The first-order valence-electron chi connectivity index (χ1n) is 5.66. The Kier molecular flexibility index (Phi) is 4.04. The van der Waals surface area contributed by atoms with Gasteiger partial charge in [-0.1, -0.05) is 23.7 Å². The van der Waals surface area contributed by atoms with Gasteiger partial charge in [-0.2, -0.15) is 0 Å². The number of aliphatic hydroxyl groups is 1. The van der Waals surface area contributed by atoms with Crippen LogP contribution in [0.5, 0.6) is 0 Å². The summed E-state index contributed by atoms with van der Waals surface area (Å²) in [6, 6.07) is 11.7. The predicted molar refractivity (Wildman–Crippen MR) is 76.2 cm³/mol. The SMILES string of the molecule is Nc1ccc(C(=O)Nc2cccc(CO)c2)cc1Cl. The number of rotatable bonds is 3. The van der Waals surface area contributed by atoms with Crippen LogP contribution in [0.15, 0.2) is 42.5 Å². The number of aliphatic hydroxyl groups excluding tert-OH is 1. The summed E-state index contributed by atoms with van der Waals surface area (Å²) in [5.41, 5.74) is 7.79. The van der Waals surface area contributed by atoms with Crippen LogP contribution in [0.3, 0.4) is 0 Å². The minimum Gasteiger partial charge on any atom is -0.398 e. The predicted octanol–water partition coefficient (Wildman–Crippen LogP) is 2.67. The van der Waals surface area contributed by atoms with Crippen molar-refractivity contribution in [3.8, 4) is 0 Å². The molecule has 0 bridgehead atoms. The van der Waals surface area contributed by atoms with E-state index in [4.69, 9.17) is 22.4 Å². The molecular weight excluding hydrogens is 264 g/mol. The molecule has 5 heteroatoms. The Morgan fingerprint density at radius 1 is 1.26 bits per heavy atom. The van der Waals surface area contributed by atoms with Gasteiger partial charge < -0.3 is 16.2 Å². The molecule has 0 unspecified atom stereocenters. The Morgan fingerprint density at radius 3 is 2.74 bits per heavy atom. The number of nitrogens with one attached hydrogen (secondary N) is 1. The van der Waals surface area contributed by atoms with Gasteiger partial charge >= 0.3 is 0 Å². The molecule has 98 valence electrons. The number of hydrogen-bond donors (Lipinski definition) is 3. The van der Waals surface area contributed by atoms with Crippen molar-refractivity contribution in [2.24, 2.45) is 0 Å². The summed E-state index contributed by atoms with van der Waals surface area (Å²) < 4.78 is 0. The Morgan fingerprint density at radius 2 is 2.05 bits per heavy atom. The van der Waals surface area contributed by atoms with E-state index in [0.29, 0.717) is 22.0 Å². The molecule has 0 atom stereocenters. The van der Waals surface area contributed by atoms with Crippen LogP contribution in [0.25, 0.3) is 0 Å². The van der Waals surface area contributed by atoms with Gasteiger partial charge in [-0.25, -0.2) is 0 Å². The van der Waals surface area contributed by atoms with Crippen molar-refractivity contribution in [1.82, 2.24) is 0 Å². The van der Waals surface area contributed by atoms with Crippen LogP contribution in [0, 0.1) is 0 Å². The zero-order valence-electron chi connectivity index (χ0n) is 10.1. The van der Waals surface area contributed by atoms with E-state index in [0.717, 1.165) is 5.56 Å². The summed E-state index contributed by atoms with van der Waals surface area (Å²) in [5, 5.41) is 12.1. The number of nitrogens with two attached hydrogens (primary N) is 1. The van der Waals surface area contributed by atoms with E-state index in [1.165, 1.54) is 6.07 Å². The minimum absolute atomic E-state index is 0.0720. The molecule has 4 nitrogen and oxygen atoms in total.